The molecule has 1 unspecified atom stereocenters. The topological polar surface area (TPSA) is 100 Å². The predicted molar refractivity (Wildman–Crippen MR) is 125 cm³/mol. The van der Waals surface area contributed by atoms with Gasteiger partial charge in [0.25, 0.3) is 5.91 Å². The highest BCUT2D eigenvalue weighted by molar-refractivity contribution is 5.90. The summed E-state index contributed by atoms with van der Waals surface area (Å²) in [5, 5.41) is 16.6. The zero-order valence-corrected chi connectivity index (χ0v) is 18.2. The molecule has 1 fully saturated rings. The minimum Gasteiger partial charge on any atom is -0.504 e. The summed E-state index contributed by atoms with van der Waals surface area (Å²) in [6.45, 7) is -0.198. The van der Waals surface area contributed by atoms with Gasteiger partial charge < -0.3 is 15.2 Å². The zero-order chi connectivity index (χ0) is 23.3. The third-order valence-electron chi connectivity index (χ3n) is 5.92. The van der Waals surface area contributed by atoms with Crippen molar-refractivity contribution in [1.82, 2.24) is 10.7 Å². The van der Waals surface area contributed by atoms with Gasteiger partial charge in [0, 0.05) is 11.0 Å². The molecule has 3 aromatic carbocycles. The van der Waals surface area contributed by atoms with E-state index in [4.69, 9.17) is 4.74 Å². The summed E-state index contributed by atoms with van der Waals surface area (Å²) >= 11 is 0. The van der Waals surface area contributed by atoms with Crippen molar-refractivity contribution in [2.45, 2.75) is 11.8 Å². The summed E-state index contributed by atoms with van der Waals surface area (Å²) in [7, 11) is 1.45. The van der Waals surface area contributed by atoms with Crippen molar-refractivity contribution in [1.29, 1.82) is 0 Å². The lowest BCUT2D eigenvalue weighted by Crippen LogP contribution is -2.37. The Hall–Kier alpha value is -4.13. The van der Waals surface area contributed by atoms with Crippen molar-refractivity contribution < 1.29 is 19.4 Å². The first-order valence-corrected chi connectivity index (χ1v) is 10.6. The molecule has 3 N–H and O–H groups in total. The van der Waals surface area contributed by atoms with Crippen LogP contribution in [0.3, 0.4) is 0 Å². The molecule has 0 aromatic heterocycles. The Kier molecular flexibility index (Phi) is 6.40. The van der Waals surface area contributed by atoms with Gasteiger partial charge in [-0.05, 0) is 29.7 Å². The molecule has 33 heavy (non-hydrogen) atoms. The van der Waals surface area contributed by atoms with Crippen LogP contribution in [0.2, 0.25) is 0 Å². The van der Waals surface area contributed by atoms with Gasteiger partial charge in [-0.3, -0.25) is 9.59 Å². The molecule has 0 heterocycles. The van der Waals surface area contributed by atoms with E-state index in [2.05, 4.69) is 15.8 Å². The standard InChI is InChI=1S/C26H25N3O4/c1-33-22-14-8-9-18(24(22)31)16-28-29-23(30)17-27-25(32)21-15-26(21,19-10-4-2-5-11-19)20-12-6-3-7-13-20/h2-14,16,21,31H,15,17H2,1H3,(H,27,32)(H,29,30). The maximum atomic E-state index is 12.9. The van der Waals surface area contributed by atoms with Crippen LogP contribution in [-0.2, 0) is 15.0 Å². The van der Waals surface area contributed by atoms with Gasteiger partial charge in [-0.15, -0.1) is 0 Å². The van der Waals surface area contributed by atoms with Gasteiger partial charge >= 0.3 is 0 Å². The van der Waals surface area contributed by atoms with Crippen LogP contribution in [0.4, 0.5) is 0 Å². The van der Waals surface area contributed by atoms with Crippen molar-refractivity contribution in [2.75, 3.05) is 13.7 Å². The van der Waals surface area contributed by atoms with E-state index in [1.807, 2.05) is 60.7 Å². The fraction of sp³-hybridized carbons (Fsp3) is 0.192. The number of methoxy groups -OCH3 is 1. The molecule has 1 aliphatic rings. The highest BCUT2D eigenvalue weighted by Crippen LogP contribution is 2.58. The minimum absolute atomic E-state index is 0.0711. The SMILES string of the molecule is COc1cccc(C=NNC(=O)CNC(=O)C2CC2(c2ccccc2)c2ccccc2)c1O. The Labute approximate surface area is 192 Å². The van der Waals surface area contributed by atoms with Crippen LogP contribution in [0.15, 0.2) is 84.0 Å². The van der Waals surface area contributed by atoms with Crippen LogP contribution in [-0.4, -0.2) is 36.8 Å². The van der Waals surface area contributed by atoms with Gasteiger partial charge in [-0.2, -0.15) is 5.10 Å². The Morgan fingerprint density at radius 2 is 1.67 bits per heavy atom. The fourth-order valence-electron chi connectivity index (χ4n) is 4.17. The number of phenolic OH excluding ortho intramolecular Hbond substituents is 1. The van der Waals surface area contributed by atoms with Gasteiger partial charge in [-0.25, -0.2) is 5.43 Å². The van der Waals surface area contributed by atoms with Crippen molar-refractivity contribution in [2.24, 2.45) is 11.0 Å². The second kappa shape index (κ2) is 9.56. The Morgan fingerprint density at radius 1 is 1.03 bits per heavy atom. The number of carbonyl (C=O) groups excluding carboxylic acids is 2. The summed E-state index contributed by atoms with van der Waals surface area (Å²) in [6.07, 6.45) is 2.00. The van der Waals surface area contributed by atoms with E-state index in [0.717, 1.165) is 11.1 Å². The number of hydrogen-bond donors (Lipinski definition) is 3. The largest absolute Gasteiger partial charge is 0.504 e. The summed E-state index contributed by atoms with van der Waals surface area (Å²) in [6, 6.07) is 24.9. The van der Waals surface area contributed by atoms with Gasteiger partial charge in [0.1, 0.15) is 0 Å². The molecule has 7 nitrogen and oxygen atoms in total. The molecule has 0 aliphatic heterocycles. The van der Waals surface area contributed by atoms with Gasteiger partial charge in [-0.1, -0.05) is 66.7 Å². The van der Waals surface area contributed by atoms with Crippen LogP contribution in [0.25, 0.3) is 0 Å². The number of nitrogens with zero attached hydrogens (tertiary/aromatic N) is 1. The number of para-hydroxylation sites is 1. The maximum absolute atomic E-state index is 12.9. The van der Waals surface area contributed by atoms with E-state index < -0.39 is 5.91 Å². The van der Waals surface area contributed by atoms with Crippen LogP contribution < -0.4 is 15.5 Å². The van der Waals surface area contributed by atoms with Crippen LogP contribution >= 0.6 is 0 Å². The molecule has 0 bridgehead atoms. The first kappa shape index (κ1) is 22.1. The molecule has 0 saturated heterocycles. The molecule has 3 aromatic rings. The number of hydrazone groups is 1. The molecule has 0 radical (unpaired) electrons. The molecule has 7 heteroatoms. The lowest BCUT2D eigenvalue weighted by molar-refractivity contribution is -0.127. The second-order valence-electron chi connectivity index (χ2n) is 7.87. The molecular weight excluding hydrogens is 418 g/mol. The first-order valence-electron chi connectivity index (χ1n) is 10.6. The summed E-state index contributed by atoms with van der Waals surface area (Å²) in [5.41, 5.74) is 4.54. The van der Waals surface area contributed by atoms with Gasteiger partial charge in [0.15, 0.2) is 11.5 Å². The molecule has 2 amide bonds. The third kappa shape index (κ3) is 4.57. The quantitative estimate of drug-likeness (QED) is 0.368. The number of hydrogen-bond acceptors (Lipinski definition) is 5. The summed E-state index contributed by atoms with van der Waals surface area (Å²) < 4.78 is 5.04. The lowest BCUT2D eigenvalue weighted by atomic mass is 9.85. The Morgan fingerprint density at radius 3 is 2.27 bits per heavy atom. The lowest BCUT2D eigenvalue weighted by Gasteiger charge is -2.18. The monoisotopic (exact) mass is 443 g/mol. The first-order chi connectivity index (χ1) is 16.1. The molecule has 168 valence electrons. The average Bonchev–Trinajstić information content (AvgIpc) is 3.62. The average molecular weight is 444 g/mol. The highest BCUT2D eigenvalue weighted by Gasteiger charge is 2.60. The van der Waals surface area contributed by atoms with Gasteiger partial charge in [0.05, 0.1) is 25.8 Å². The third-order valence-corrected chi connectivity index (χ3v) is 5.92. The smallest absolute Gasteiger partial charge is 0.259 e. The Bertz CT molecular complexity index is 1120. The number of aromatic hydroxyl groups is 1. The van der Waals surface area contributed by atoms with Gasteiger partial charge in [0.2, 0.25) is 5.91 Å². The number of carbonyl (C=O) groups is 2. The van der Waals surface area contributed by atoms with Crippen molar-refractivity contribution in [3.05, 3.63) is 95.6 Å². The van der Waals surface area contributed by atoms with Crippen molar-refractivity contribution >= 4 is 18.0 Å². The molecule has 1 saturated carbocycles. The van der Waals surface area contributed by atoms with E-state index in [1.54, 1.807) is 18.2 Å². The van der Waals surface area contributed by atoms with Crippen LogP contribution in [0.1, 0.15) is 23.1 Å². The Balaban J connectivity index is 1.36. The zero-order valence-electron chi connectivity index (χ0n) is 18.2. The number of phenols is 1. The van der Waals surface area contributed by atoms with Crippen molar-refractivity contribution in [3.8, 4) is 11.5 Å². The van der Waals surface area contributed by atoms with E-state index >= 15 is 0 Å². The molecule has 1 atom stereocenters. The predicted octanol–water partition coefficient (Wildman–Crippen LogP) is 2.97. The van der Waals surface area contributed by atoms with E-state index in [1.165, 1.54) is 13.3 Å². The van der Waals surface area contributed by atoms with Crippen molar-refractivity contribution in [3.63, 3.8) is 0 Å². The van der Waals surface area contributed by atoms with E-state index in [0.29, 0.717) is 17.7 Å². The normalized spacial score (nSPS) is 16.2. The number of rotatable bonds is 8. The number of amides is 2. The molecule has 4 rings (SSSR count). The van der Waals surface area contributed by atoms with Crippen LogP contribution in [0.5, 0.6) is 11.5 Å². The fourth-order valence-corrected chi connectivity index (χ4v) is 4.17. The molecular formula is C26H25N3O4. The van der Waals surface area contributed by atoms with Crippen LogP contribution in [0, 0.1) is 5.92 Å². The maximum Gasteiger partial charge on any atom is 0.259 e. The summed E-state index contributed by atoms with van der Waals surface area (Å²) in [4.78, 5) is 25.1. The molecule has 1 aliphatic carbocycles. The number of nitrogens with one attached hydrogen (secondary N) is 2. The van der Waals surface area contributed by atoms with E-state index in [-0.39, 0.29) is 29.5 Å². The second-order valence-corrected chi connectivity index (χ2v) is 7.87. The highest BCUT2D eigenvalue weighted by atomic mass is 16.5. The molecule has 0 spiro atoms. The number of ether oxygens (including phenoxy) is 1. The van der Waals surface area contributed by atoms with E-state index in [9.17, 15) is 14.7 Å². The summed E-state index contributed by atoms with van der Waals surface area (Å²) in [5.74, 6) is -0.659. The number of benzene rings is 3. The minimum atomic E-state index is -0.465.